The molecule has 1 aromatic rings. The quantitative estimate of drug-likeness (QED) is 0.394. The average Bonchev–Trinajstić information content (AvgIpc) is 2.13. The van der Waals surface area contributed by atoms with Gasteiger partial charge in [0.25, 0.3) is 0 Å². The van der Waals surface area contributed by atoms with Gasteiger partial charge in [0.15, 0.2) is 0 Å². The molecule has 0 fully saturated rings. The van der Waals surface area contributed by atoms with E-state index < -0.39 is 0 Å². The lowest BCUT2D eigenvalue weighted by molar-refractivity contribution is 1.21. The summed E-state index contributed by atoms with van der Waals surface area (Å²) in [6.07, 6.45) is 5.37. The highest BCUT2D eigenvalue weighted by atomic mass is 15.1. The van der Waals surface area contributed by atoms with Crippen LogP contribution < -0.4 is 0 Å². The summed E-state index contributed by atoms with van der Waals surface area (Å²) >= 11 is 0. The van der Waals surface area contributed by atoms with Gasteiger partial charge in [-0.15, -0.1) is 0 Å². The second-order valence-corrected chi connectivity index (χ2v) is 2.57. The molecule has 0 saturated carbocycles. The van der Waals surface area contributed by atoms with Crippen LogP contribution in [0.15, 0.2) is 29.5 Å². The maximum Gasteiger partial charge on any atom is 0.0629 e. The number of pyridine rings is 1. The fourth-order valence-electron chi connectivity index (χ4n) is 0.908. The highest BCUT2D eigenvalue weighted by Crippen LogP contribution is 2.01. The SMILES string of the molecule is Cc1ccnc(C=CCN=[N+]=[N-])c1. The van der Waals surface area contributed by atoms with Crippen LogP contribution in [-0.4, -0.2) is 11.5 Å². The number of nitrogens with zero attached hydrogens (tertiary/aromatic N) is 4. The zero-order chi connectivity index (χ0) is 9.52. The molecule has 0 radical (unpaired) electrons. The number of aryl methyl sites for hydroxylation is 1. The van der Waals surface area contributed by atoms with Crippen molar-refractivity contribution in [2.75, 3.05) is 6.54 Å². The molecule has 0 bridgehead atoms. The van der Waals surface area contributed by atoms with Crippen molar-refractivity contribution in [1.82, 2.24) is 4.98 Å². The van der Waals surface area contributed by atoms with Crippen molar-refractivity contribution in [3.63, 3.8) is 0 Å². The maximum atomic E-state index is 8.02. The Kier molecular flexibility index (Phi) is 3.54. The first kappa shape index (κ1) is 9.29. The molecule has 4 nitrogen and oxygen atoms in total. The molecule has 0 aliphatic rings. The zero-order valence-electron chi connectivity index (χ0n) is 7.38. The standard InChI is InChI=1S/C9H10N4/c1-8-4-6-11-9(7-8)3-2-5-12-13-10/h2-4,6-7H,5H2,1H3. The van der Waals surface area contributed by atoms with Gasteiger partial charge in [0.1, 0.15) is 0 Å². The number of hydrogen-bond donors (Lipinski definition) is 0. The number of aromatic nitrogens is 1. The van der Waals surface area contributed by atoms with E-state index in [1.165, 1.54) is 5.56 Å². The minimum Gasteiger partial charge on any atom is -0.257 e. The van der Waals surface area contributed by atoms with E-state index in [1.54, 1.807) is 12.3 Å². The van der Waals surface area contributed by atoms with Gasteiger partial charge in [-0.3, -0.25) is 4.98 Å². The number of azide groups is 1. The third kappa shape index (κ3) is 3.40. The van der Waals surface area contributed by atoms with Crippen LogP contribution in [0.3, 0.4) is 0 Å². The van der Waals surface area contributed by atoms with Crippen LogP contribution in [0.5, 0.6) is 0 Å². The van der Waals surface area contributed by atoms with E-state index in [4.69, 9.17) is 5.53 Å². The van der Waals surface area contributed by atoms with Gasteiger partial charge in [-0.25, -0.2) is 0 Å². The Bertz CT molecular complexity index is 350. The molecule has 0 unspecified atom stereocenters. The molecule has 13 heavy (non-hydrogen) atoms. The molecule has 0 atom stereocenters. The molecule has 0 aliphatic carbocycles. The Balaban J connectivity index is 2.63. The summed E-state index contributed by atoms with van der Waals surface area (Å²) in [7, 11) is 0. The van der Waals surface area contributed by atoms with Gasteiger partial charge in [-0.05, 0) is 36.2 Å². The van der Waals surface area contributed by atoms with E-state index in [-0.39, 0.29) is 0 Å². The predicted molar refractivity (Wildman–Crippen MR) is 52.0 cm³/mol. The fraction of sp³-hybridized carbons (Fsp3) is 0.222. The van der Waals surface area contributed by atoms with Crippen LogP contribution >= 0.6 is 0 Å². The van der Waals surface area contributed by atoms with Crippen molar-refractivity contribution < 1.29 is 0 Å². The Morgan fingerprint density at radius 2 is 2.54 bits per heavy atom. The Hall–Kier alpha value is -1.80. The van der Waals surface area contributed by atoms with Gasteiger partial charge in [0.2, 0.25) is 0 Å². The van der Waals surface area contributed by atoms with Crippen LogP contribution in [0.25, 0.3) is 16.5 Å². The molecule has 66 valence electrons. The monoisotopic (exact) mass is 174 g/mol. The highest BCUT2D eigenvalue weighted by Gasteiger charge is 1.87. The van der Waals surface area contributed by atoms with E-state index in [0.29, 0.717) is 6.54 Å². The normalized spacial score (nSPS) is 9.92. The van der Waals surface area contributed by atoms with Gasteiger partial charge in [-0.2, -0.15) is 0 Å². The molecule has 0 spiro atoms. The lowest BCUT2D eigenvalue weighted by atomic mass is 10.2. The number of hydrogen-bond acceptors (Lipinski definition) is 2. The average molecular weight is 174 g/mol. The van der Waals surface area contributed by atoms with Gasteiger partial charge in [-0.1, -0.05) is 11.2 Å². The molecule has 1 heterocycles. The molecule has 1 aromatic heterocycles. The Morgan fingerprint density at radius 3 is 3.23 bits per heavy atom. The summed E-state index contributed by atoms with van der Waals surface area (Å²) in [6, 6.07) is 3.90. The van der Waals surface area contributed by atoms with Crippen molar-refractivity contribution in [3.8, 4) is 0 Å². The van der Waals surface area contributed by atoms with E-state index >= 15 is 0 Å². The number of rotatable bonds is 3. The zero-order valence-corrected chi connectivity index (χ0v) is 7.38. The van der Waals surface area contributed by atoms with Crippen LogP contribution in [0.2, 0.25) is 0 Å². The first-order valence-corrected chi connectivity index (χ1v) is 3.93. The van der Waals surface area contributed by atoms with Gasteiger partial charge >= 0.3 is 0 Å². The minimum atomic E-state index is 0.367. The maximum absolute atomic E-state index is 8.02. The van der Waals surface area contributed by atoms with Crippen molar-refractivity contribution >= 4 is 6.08 Å². The van der Waals surface area contributed by atoms with Crippen LogP contribution in [0.1, 0.15) is 11.3 Å². The second-order valence-electron chi connectivity index (χ2n) is 2.57. The molecule has 0 N–H and O–H groups in total. The van der Waals surface area contributed by atoms with E-state index in [2.05, 4.69) is 15.0 Å². The molecule has 4 heteroatoms. The third-order valence-corrected chi connectivity index (χ3v) is 1.48. The fourth-order valence-corrected chi connectivity index (χ4v) is 0.908. The lowest BCUT2D eigenvalue weighted by Crippen LogP contribution is -1.81. The van der Waals surface area contributed by atoms with Gasteiger partial charge in [0.05, 0.1) is 5.69 Å². The van der Waals surface area contributed by atoms with E-state index in [1.807, 2.05) is 25.1 Å². The van der Waals surface area contributed by atoms with E-state index in [0.717, 1.165) is 5.69 Å². The smallest absolute Gasteiger partial charge is 0.0629 e. The molecular formula is C9H10N4. The summed E-state index contributed by atoms with van der Waals surface area (Å²) < 4.78 is 0. The first-order chi connectivity index (χ1) is 6.33. The lowest BCUT2D eigenvalue weighted by Gasteiger charge is -1.93. The molecule has 1 rings (SSSR count). The minimum absolute atomic E-state index is 0.367. The predicted octanol–water partition coefficient (Wildman–Crippen LogP) is 2.71. The van der Waals surface area contributed by atoms with Crippen LogP contribution in [-0.2, 0) is 0 Å². The Labute approximate surface area is 76.6 Å². The molecule has 0 saturated heterocycles. The third-order valence-electron chi connectivity index (χ3n) is 1.48. The van der Waals surface area contributed by atoms with Crippen molar-refractivity contribution in [1.29, 1.82) is 0 Å². The van der Waals surface area contributed by atoms with Crippen molar-refractivity contribution in [3.05, 3.63) is 46.1 Å². The molecule has 0 aliphatic heterocycles. The molecule has 0 amide bonds. The second kappa shape index (κ2) is 4.95. The summed E-state index contributed by atoms with van der Waals surface area (Å²) in [4.78, 5) is 6.75. The first-order valence-electron chi connectivity index (χ1n) is 3.93. The van der Waals surface area contributed by atoms with Crippen LogP contribution in [0.4, 0.5) is 0 Å². The summed E-state index contributed by atoms with van der Waals surface area (Å²) in [5, 5.41) is 3.38. The summed E-state index contributed by atoms with van der Waals surface area (Å²) in [6.45, 7) is 2.37. The van der Waals surface area contributed by atoms with Crippen molar-refractivity contribution in [2.24, 2.45) is 5.11 Å². The van der Waals surface area contributed by atoms with Crippen LogP contribution in [0, 0.1) is 6.92 Å². The largest absolute Gasteiger partial charge is 0.257 e. The van der Waals surface area contributed by atoms with Crippen molar-refractivity contribution in [2.45, 2.75) is 6.92 Å². The highest BCUT2D eigenvalue weighted by molar-refractivity contribution is 5.45. The van der Waals surface area contributed by atoms with E-state index in [9.17, 15) is 0 Å². The van der Waals surface area contributed by atoms with Gasteiger partial charge < -0.3 is 0 Å². The summed E-state index contributed by atoms with van der Waals surface area (Å²) in [5.74, 6) is 0. The Morgan fingerprint density at radius 1 is 1.69 bits per heavy atom. The molecular weight excluding hydrogens is 164 g/mol. The summed E-state index contributed by atoms with van der Waals surface area (Å²) in [5.41, 5.74) is 10.1. The van der Waals surface area contributed by atoms with Gasteiger partial charge in [0, 0.05) is 17.7 Å². The molecule has 0 aromatic carbocycles. The topological polar surface area (TPSA) is 61.7 Å².